The van der Waals surface area contributed by atoms with Gasteiger partial charge in [-0.3, -0.25) is 0 Å². The zero-order valence-electron chi connectivity index (χ0n) is 8.87. The van der Waals surface area contributed by atoms with Gasteiger partial charge in [-0.1, -0.05) is 34.8 Å². The molecule has 0 aliphatic heterocycles. The van der Waals surface area contributed by atoms with Gasteiger partial charge < -0.3 is 11.5 Å². The lowest BCUT2D eigenvalue weighted by atomic mass is 9.91. The average Bonchev–Trinajstić information content (AvgIpc) is 2.34. The molecule has 0 amide bonds. The highest BCUT2D eigenvalue weighted by atomic mass is 35.5. The Hall–Kier alpha value is -0.520. The largest absolute Gasteiger partial charge is 0.397 e. The van der Waals surface area contributed by atoms with Gasteiger partial charge in [0.15, 0.2) is 10.7 Å². The van der Waals surface area contributed by atoms with Crippen LogP contribution in [0.3, 0.4) is 0 Å². The van der Waals surface area contributed by atoms with Crippen LogP contribution in [0.15, 0.2) is 40.3 Å². The summed E-state index contributed by atoms with van der Waals surface area (Å²) in [5, 5.41) is 0.144. The molecule has 0 aromatic carbocycles. The summed E-state index contributed by atoms with van der Waals surface area (Å²) in [6.45, 7) is 0. The molecule has 8 heteroatoms. The van der Waals surface area contributed by atoms with E-state index in [9.17, 15) is 0 Å². The summed E-state index contributed by atoms with van der Waals surface area (Å²) < 4.78 is 0. The second-order valence-corrected chi connectivity index (χ2v) is 5.70. The maximum atomic E-state index is 6.45. The molecule has 0 radical (unpaired) electrons. The van der Waals surface area contributed by atoms with E-state index in [4.69, 9.17) is 57.9 Å². The first-order valence-corrected chi connectivity index (χ1v) is 6.30. The summed E-state index contributed by atoms with van der Waals surface area (Å²) in [7, 11) is 0. The molecule has 0 saturated heterocycles. The number of alkyl halides is 2. The maximum Gasteiger partial charge on any atom is 0.177 e. The Balaban J connectivity index is 2.69. The predicted octanol–water partition coefficient (Wildman–Crippen LogP) is 2.35. The topological polar surface area (TPSA) is 77.8 Å². The lowest BCUT2D eigenvalue weighted by Crippen LogP contribution is -2.53. The molecule has 4 nitrogen and oxygen atoms in total. The van der Waals surface area contributed by atoms with Crippen LogP contribution in [0.4, 0.5) is 0 Å². The van der Waals surface area contributed by atoms with E-state index in [1.807, 2.05) is 0 Å². The van der Waals surface area contributed by atoms with Gasteiger partial charge in [0.1, 0.15) is 5.00 Å². The molecule has 1 heterocycles. The van der Waals surface area contributed by atoms with Crippen LogP contribution >= 0.6 is 46.4 Å². The Bertz CT molecular complexity index is 540. The first-order valence-electron chi connectivity index (χ1n) is 4.79. The Morgan fingerprint density at radius 3 is 2.22 bits per heavy atom. The summed E-state index contributed by atoms with van der Waals surface area (Å²) in [6.07, 6.45) is 4.32. The minimum absolute atomic E-state index is 0.000340. The molecule has 0 bridgehead atoms. The molecular weight excluding hydrogens is 318 g/mol. The van der Waals surface area contributed by atoms with Crippen molar-refractivity contribution in [3.8, 4) is 0 Å². The van der Waals surface area contributed by atoms with Gasteiger partial charge in [-0.2, -0.15) is 0 Å². The molecule has 2 unspecified atom stereocenters. The van der Waals surface area contributed by atoms with E-state index in [0.717, 1.165) is 0 Å². The second-order valence-electron chi connectivity index (χ2n) is 3.72. The SMILES string of the molecule is NC1=C(Cl)C(Cl)(c2ncccn2)C(N)(Cl)C=C1Cl. The van der Waals surface area contributed by atoms with Crippen molar-refractivity contribution in [2.24, 2.45) is 11.5 Å². The van der Waals surface area contributed by atoms with Crippen LogP contribution in [0.5, 0.6) is 0 Å². The summed E-state index contributed by atoms with van der Waals surface area (Å²) in [6, 6.07) is 1.63. The number of allylic oxidation sites excluding steroid dienone is 1. The van der Waals surface area contributed by atoms with E-state index >= 15 is 0 Å². The predicted molar refractivity (Wildman–Crippen MR) is 73.3 cm³/mol. The van der Waals surface area contributed by atoms with Gasteiger partial charge >= 0.3 is 0 Å². The summed E-state index contributed by atoms with van der Waals surface area (Å²) in [5.74, 6) is 0.150. The zero-order valence-corrected chi connectivity index (χ0v) is 11.9. The van der Waals surface area contributed by atoms with E-state index < -0.39 is 9.87 Å². The molecule has 2 rings (SSSR count). The van der Waals surface area contributed by atoms with Gasteiger partial charge in [-0.25, -0.2) is 9.97 Å². The first-order chi connectivity index (χ1) is 8.30. The van der Waals surface area contributed by atoms with Crippen molar-refractivity contribution >= 4 is 46.4 Å². The molecule has 2 atom stereocenters. The third-order valence-corrected chi connectivity index (χ3v) is 4.59. The van der Waals surface area contributed by atoms with Crippen LogP contribution in [-0.4, -0.2) is 15.0 Å². The lowest BCUT2D eigenvalue weighted by Gasteiger charge is -2.39. The molecule has 18 heavy (non-hydrogen) atoms. The van der Waals surface area contributed by atoms with Gasteiger partial charge in [-0.05, 0) is 12.1 Å². The number of nitrogens with two attached hydrogens (primary N) is 2. The monoisotopic (exact) mass is 324 g/mol. The van der Waals surface area contributed by atoms with Crippen LogP contribution in [0.2, 0.25) is 0 Å². The van der Waals surface area contributed by atoms with Gasteiger partial charge in [0, 0.05) is 12.4 Å². The number of hydrogen-bond donors (Lipinski definition) is 2. The molecule has 1 aliphatic carbocycles. The molecule has 0 fully saturated rings. The van der Waals surface area contributed by atoms with Gasteiger partial charge in [0.05, 0.1) is 15.8 Å². The smallest absolute Gasteiger partial charge is 0.177 e. The van der Waals surface area contributed by atoms with Crippen LogP contribution < -0.4 is 11.5 Å². The Morgan fingerprint density at radius 1 is 1.11 bits per heavy atom. The fourth-order valence-corrected chi connectivity index (χ4v) is 2.87. The third kappa shape index (κ3) is 1.89. The summed E-state index contributed by atoms with van der Waals surface area (Å²) in [4.78, 5) is 4.89. The minimum Gasteiger partial charge on any atom is -0.397 e. The van der Waals surface area contributed by atoms with Crippen LogP contribution in [0.25, 0.3) is 0 Å². The number of rotatable bonds is 1. The molecule has 1 aliphatic rings. The van der Waals surface area contributed by atoms with Crippen molar-refractivity contribution in [2.75, 3.05) is 0 Å². The maximum absolute atomic E-state index is 6.45. The number of hydrogen-bond acceptors (Lipinski definition) is 4. The van der Waals surface area contributed by atoms with Gasteiger partial charge in [0.2, 0.25) is 0 Å². The highest BCUT2D eigenvalue weighted by Gasteiger charge is 2.55. The minimum atomic E-state index is -1.59. The molecule has 96 valence electrons. The lowest BCUT2D eigenvalue weighted by molar-refractivity contribution is 0.537. The van der Waals surface area contributed by atoms with Crippen LogP contribution in [0, 0.1) is 0 Å². The summed E-state index contributed by atoms with van der Waals surface area (Å²) in [5.41, 5.74) is 11.8. The first kappa shape index (κ1) is 13.9. The van der Waals surface area contributed by atoms with Gasteiger partial charge in [-0.15, -0.1) is 11.6 Å². The van der Waals surface area contributed by atoms with E-state index in [1.54, 1.807) is 6.07 Å². The average molecular weight is 326 g/mol. The van der Waals surface area contributed by atoms with E-state index in [1.165, 1.54) is 18.5 Å². The number of nitrogens with zero attached hydrogens (tertiary/aromatic N) is 2. The van der Waals surface area contributed by atoms with E-state index in [0.29, 0.717) is 0 Å². The fourth-order valence-electron chi connectivity index (χ4n) is 1.57. The zero-order chi connectivity index (χ0) is 13.6. The second kappa shape index (κ2) is 4.54. The number of aromatic nitrogens is 2. The highest BCUT2D eigenvalue weighted by Crippen LogP contribution is 2.52. The van der Waals surface area contributed by atoms with Gasteiger partial charge in [0.25, 0.3) is 0 Å². The van der Waals surface area contributed by atoms with Crippen molar-refractivity contribution in [2.45, 2.75) is 9.87 Å². The van der Waals surface area contributed by atoms with Crippen molar-refractivity contribution in [1.82, 2.24) is 9.97 Å². The fraction of sp³-hybridized carbons (Fsp3) is 0.200. The molecular formula is C10H8Cl4N4. The van der Waals surface area contributed by atoms with Crippen LogP contribution in [-0.2, 0) is 4.87 Å². The standard InChI is InChI=1S/C10H8Cl4N4/c11-5-4-9(13,16)10(14,7(12)6(5)15)8-17-2-1-3-18-8/h1-4H,15-16H2. The Labute approximate surface area is 124 Å². The van der Waals surface area contributed by atoms with E-state index in [-0.39, 0.29) is 21.6 Å². The van der Waals surface area contributed by atoms with E-state index in [2.05, 4.69) is 9.97 Å². The molecule has 1 aromatic heterocycles. The van der Waals surface area contributed by atoms with Crippen molar-refractivity contribution in [3.05, 3.63) is 46.1 Å². The molecule has 4 N–H and O–H groups in total. The quantitative estimate of drug-likeness (QED) is 0.613. The number of halogens is 4. The normalized spacial score (nSPS) is 32.4. The van der Waals surface area contributed by atoms with Crippen LogP contribution in [0.1, 0.15) is 5.82 Å². The third-order valence-electron chi connectivity index (χ3n) is 2.53. The molecule has 0 spiro atoms. The Morgan fingerprint density at radius 2 is 1.67 bits per heavy atom. The highest BCUT2D eigenvalue weighted by molar-refractivity contribution is 6.46. The van der Waals surface area contributed by atoms with Crippen molar-refractivity contribution < 1.29 is 0 Å². The molecule has 0 saturated carbocycles. The Kier molecular flexibility index (Phi) is 3.51. The van der Waals surface area contributed by atoms with Crippen molar-refractivity contribution in [3.63, 3.8) is 0 Å². The molecule has 1 aromatic rings. The van der Waals surface area contributed by atoms with Crippen molar-refractivity contribution in [1.29, 1.82) is 0 Å². The summed E-state index contributed by atoms with van der Waals surface area (Å²) >= 11 is 24.7.